The van der Waals surface area contributed by atoms with E-state index in [-0.39, 0.29) is 22.7 Å². The number of carbonyl (C=O) groups is 2. The predicted molar refractivity (Wildman–Crippen MR) is 94.4 cm³/mol. The molecule has 1 amide bonds. The molecule has 0 aromatic heterocycles. The van der Waals surface area contributed by atoms with Crippen molar-refractivity contribution in [2.24, 2.45) is 0 Å². The van der Waals surface area contributed by atoms with Gasteiger partial charge in [-0.25, -0.2) is 9.59 Å². The van der Waals surface area contributed by atoms with Gasteiger partial charge >= 0.3 is 12.1 Å². The molecule has 0 fully saturated rings. The molecule has 136 valence electrons. The Morgan fingerprint density at radius 3 is 2.23 bits per heavy atom. The summed E-state index contributed by atoms with van der Waals surface area (Å²) in [6.07, 6.45) is -0.684. The number of amides is 1. The van der Waals surface area contributed by atoms with Gasteiger partial charge in [0.2, 0.25) is 0 Å². The first-order valence-corrected chi connectivity index (χ1v) is 7.71. The summed E-state index contributed by atoms with van der Waals surface area (Å²) in [5, 5.41) is 13.2. The van der Waals surface area contributed by atoms with Crippen LogP contribution in [0, 0.1) is 10.1 Å². The Labute approximate surface area is 149 Å². The highest BCUT2D eigenvalue weighted by molar-refractivity contribution is 5.93. The third-order valence-corrected chi connectivity index (χ3v) is 3.04. The first-order valence-electron chi connectivity index (χ1n) is 7.71. The van der Waals surface area contributed by atoms with Gasteiger partial charge in [0.05, 0.1) is 16.2 Å². The van der Waals surface area contributed by atoms with Gasteiger partial charge in [0, 0.05) is 12.1 Å². The second-order valence-electron chi connectivity index (χ2n) is 6.32. The number of nitro benzene ring substituents is 1. The van der Waals surface area contributed by atoms with Crippen LogP contribution in [0.15, 0.2) is 48.5 Å². The summed E-state index contributed by atoms with van der Waals surface area (Å²) in [5.74, 6) is -0.583. The maximum atomic E-state index is 12.2. The van der Waals surface area contributed by atoms with E-state index >= 15 is 0 Å². The lowest BCUT2D eigenvalue weighted by atomic mass is 10.2. The van der Waals surface area contributed by atoms with Crippen molar-refractivity contribution in [3.8, 4) is 5.75 Å². The number of rotatable bonds is 4. The number of esters is 1. The van der Waals surface area contributed by atoms with E-state index < -0.39 is 22.6 Å². The average Bonchev–Trinajstić information content (AvgIpc) is 2.55. The standard InChI is InChI=1S/C18H18N2O6/c1-18(2,3)26-17(22)19-14-6-4-5-7-15(14)25-16(21)12-8-10-13(11-9-12)20(23)24/h4-11H,1-3H3,(H,19,22). The summed E-state index contributed by atoms with van der Waals surface area (Å²) in [7, 11) is 0. The van der Waals surface area contributed by atoms with Crippen LogP contribution in [0.25, 0.3) is 0 Å². The van der Waals surface area contributed by atoms with Gasteiger partial charge in [0.1, 0.15) is 5.60 Å². The van der Waals surface area contributed by atoms with Gasteiger partial charge in [-0.2, -0.15) is 0 Å². The Kier molecular flexibility index (Phi) is 5.56. The van der Waals surface area contributed by atoms with Crippen molar-refractivity contribution in [3.63, 3.8) is 0 Å². The minimum atomic E-state index is -0.710. The molecule has 2 rings (SSSR count). The van der Waals surface area contributed by atoms with Crippen LogP contribution in [-0.2, 0) is 4.74 Å². The summed E-state index contributed by atoms with van der Waals surface area (Å²) >= 11 is 0. The summed E-state index contributed by atoms with van der Waals surface area (Å²) < 4.78 is 10.5. The molecule has 0 atom stereocenters. The summed E-state index contributed by atoms with van der Waals surface area (Å²) in [4.78, 5) is 34.2. The smallest absolute Gasteiger partial charge is 0.412 e. The van der Waals surface area contributed by atoms with E-state index in [4.69, 9.17) is 9.47 Å². The lowest BCUT2D eigenvalue weighted by Gasteiger charge is -2.20. The van der Waals surface area contributed by atoms with Crippen molar-refractivity contribution in [2.45, 2.75) is 26.4 Å². The van der Waals surface area contributed by atoms with Crippen LogP contribution in [0.4, 0.5) is 16.2 Å². The van der Waals surface area contributed by atoms with E-state index in [1.165, 1.54) is 30.3 Å². The van der Waals surface area contributed by atoms with Crippen molar-refractivity contribution >= 4 is 23.4 Å². The third kappa shape index (κ3) is 5.30. The van der Waals surface area contributed by atoms with Gasteiger partial charge in [-0.05, 0) is 45.0 Å². The van der Waals surface area contributed by atoms with Crippen LogP contribution in [0.5, 0.6) is 5.75 Å². The fourth-order valence-electron chi connectivity index (χ4n) is 1.95. The number of anilines is 1. The van der Waals surface area contributed by atoms with Crippen LogP contribution in [-0.4, -0.2) is 22.6 Å². The van der Waals surface area contributed by atoms with E-state index in [1.807, 2.05) is 0 Å². The lowest BCUT2D eigenvalue weighted by molar-refractivity contribution is -0.384. The number of benzene rings is 2. The van der Waals surface area contributed by atoms with Crippen LogP contribution in [0.3, 0.4) is 0 Å². The Balaban J connectivity index is 2.13. The number of carbonyl (C=O) groups excluding carboxylic acids is 2. The lowest BCUT2D eigenvalue weighted by Crippen LogP contribution is -2.27. The van der Waals surface area contributed by atoms with Crippen LogP contribution < -0.4 is 10.1 Å². The molecule has 2 aromatic carbocycles. The zero-order chi connectivity index (χ0) is 19.3. The normalized spacial score (nSPS) is 10.7. The highest BCUT2D eigenvalue weighted by Gasteiger charge is 2.19. The van der Waals surface area contributed by atoms with E-state index in [9.17, 15) is 19.7 Å². The average molecular weight is 358 g/mol. The Bertz CT molecular complexity index is 824. The topological polar surface area (TPSA) is 108 Å². The maximum absolute atomic E-state index is 12.2. The van der Waals surface area contributed by atoms with Crippen LogP contribution >= 0.6 is 0 Å². The molecule has 0 saturated heterocycles. The van der Waals surface area contributed by atoms with Crippen molar-refractivity contribution < 1.29 is 24.0 Å². The first kappa shape index (κ1) is 18.9. The number of para-hydroxylation sites is 2. The van der Waals surface area contributed by atoms with Gasteiger partial charge < -0.3 is 9.47 Å². The number of nitrogens with zero attached hydrogens (tertiary/aromatic N) is 1. The molecule has 0 aliphatic heterocycles. The third-order valence-electron chi connectivity index (χ3n) is 3.04. The second kappa shape index (κ2) is 7.64. The number of nitro groups is 1. The quantitative estimate of drug-likeness (QED) is 0.380. The maximum Gasteiger partial charge on any atom is 0.412 e. The van der Waals surface area contributed by atoms with Crippen molar-refractivity contribution in [1.82, 2.24) is 0 Å². The molecular formula is C18H18N2O6. The summed E-state index contributed by atoms with van der Waals surface area (Å²) in [6.45, 7) is 5.19. The second-order valence-corrected chi connectivity index (χ2v) is 6.32. The molecular weight excluding hydrogens is 340 g/mol. The van der Waals surface area contributed by atoms with E-state index in [1.54, 1.807) is 39.0 Å². The minimum absolute atomic E-state index is 0.127. The SMILES string of the molecule is CC(C)(C)OC(=O)Nc1ccccc1OC(=O)c1ccc([N+](=O)[O-])cc1. The molecule has 8 heteroatoms. The number of ether oxygens (including phenoxy) is 2. The summed E-state index contributed by atoms with van der Waals surface area (Å²) in [5.41, 5.74) is -0.401. The van der Waals surface area contributed by atoms with Gasteiger partial charge in [-0.15, -0.1) is 0 Å². The van der Waals surface area contributed by atoms with E-state index in [0.29, 0.717) is 0 Å². The Hall–Kier alpha value is -3.42. The Morgan fingerprint density at radius 1 is 1.04 bits per heavy atom. The number of hydrogen-bond acceptors (Lipinski definition) is 6. The van der Waals surface area contributed by atoms with Crippen LogP contribution in [0.2, 0.25) is 0 Å². The van der Waals surface area contributed by atoms with Gasteiger partial charge in [-0.1, -0.05) is 12.1 Å². The molecule has 26 heavy (non-hydrogen) atoms. The molecule has 0 aliphatic carbocycles. The van der Waals surface area contributed by atoms with Gasteiger partial charge in [-0.3, -0.25) is 15.4 Å². The van der Waals surface area contributed by atoms with Gasteiger partial charge in [0.15, 0.2) is 5.75 Å². The molecule has 0 bridgehead atoms. The molecule has 0 aliphatic rings. The molecule has 0 heterocycles. The number of non-ortho nitro benzene ring substituents is 1. The van der Waals surface area contributed by atoms with Crippen molar-refractivity contribution in [3.05, 3.63) is 64.2 Å². The number of nitrogens with one attached hydrogen (secondary N) is 1. The molecule has 1 N–H and O–H groups in total. The molecule has 8 nitrogen and oxygen atoms in total. The van der Waals surface area contributed by atoms with Gasteiger partial charge in [0.25, 0.3) is 5.69 Å². The molecule has 0 saturated carbocycles. The van der Waals surface area contributed by atoms with Crippen molar-refractivity contribution in [1.29, 1.82) is 0 Å². The number of hydrogen-bond donors (Lipinski definition) is 1. The highest BCUT2D eigenvalue weighted by Crippen LogP contribution is 2.26. The molecule has 0 unspecified atom stereocenters. The van der Waals surface area contributed by atoms with E-state index in [0.717, 1.165) is 0 Å². The monoisotopic (exact) mass is 358 g/mol. The fraction of sp³-hybridized carbons (Fsp3) is 0.222. The minimum Gasteiger partial charge on any atom is -0.444 e. The zero-order valence-electron chi connectivity index (χ0n) is 14.5. The fourth-order valence-corrected chi connectivity index (χ4v) is 1.95. The first-order chi connectivity index (χ1) is 12.2. The Morgan fingerprint density at radius 2 is 1.65 bits per heavy atom. The van der Waals surface area contributed by atoms with E-state index in [2.05, 4.69) is 5.32 Å². The van der Waals surface area contributed by atoms with Crippen molar-refractivity contribution in [2.75, 3.05) is 5.32 Å². The predicted octanol–water partition coefficient (Wildman–Crippen LogP) is 4.16. The largest absolute Gasteiger partial charge is 0.444 e. The summed E-state index contributed by atoms with van der Waals surface area (Å²) in [6, 6.07) is 11.4. The molecule has 2 aromatic rings. The zero-order valence-corrected chi connectivity index (χ0v) is 14.5. The van der Waals surface area contributed by atoms with Crippen LogP contribution in [0.1, 0.15) is 31.1 Å². The highest BCUT2D eigenvalue weighted by atomic mass is 16.6. The molecule has 0 radical (unpaired) electrons. The molecule has 0 spiro atoms.